The molecule has 3 rings (SSSR count). The molecule has 0 aliphatic heterocycles. The fraction of sp³-hybridized carbons (Fsp3) is 0.318. The lowest BCUT2D eigenvalue weighted by molar-refractivity contribution is -0.00374. The molecule has 4 heteroatoms. The van der Waals surface area contributed by atoms with Crippen LogP contribution in [0.15, 0.2) is 72.3 Å². The van der Waals surface area contributed by atoms with Crippen molar-refractivity contribution in [1.82, 2.24) is 5.32 Å². The maximum Gasteiger partial charge on any atom is 0.297 e. The Balaban J connectivity index is 1.69. The first kappa shape index (κ1) is 18.1. The third kappa shape index (κ3) is 4.45. The minimum absolute atomic E-state index is 0.0882. The van der Waals surface area contributed by atoms with E-state index in [1.54, 1.807) is 31.2 Å². The van der Waals surface area contributed by atoms with Crippen LogP contribution in [0.1, 0.15) is 54.4 Å². The molecule has 0 aromatic heterocycles. The predicted octanol–water partition coefficient (Wildman–Crippen LogP) is 4.91. The maximum atomic E-state index is 12.2. The molecule has 4 nitrogen and oxygen atoms in total. The first-order valence-corrected chi connectivity index (χ1v) is 9.13. The SMILES string of the molecule is C/C(NC(=O)c1ccccc1)=C(/O)O[C@@H]1CCCC[C@H]1c1ccccc1. The molecule has 0 bridgehead atoms. The number of rotatable bonds is 5. The van der Waals surface area contributed by atoms with E-state index in [1.165, 1.54) is 5.56 Å². The lowest BCUT2D eigenvalue weighted by Gasteiger charge is -2.32. The average Bonchev–Trinajstić information content (AvgIpc) is 2.69. The van der Waals surface area contributed by atoms with Gasteiger partial charge < -0.3 is 15.2 Å². The van der Waals surface area contributed by atoms with Crippen LogP contribution in [0.2, 0.25) is 0 Å². The van der Waals surface area contributed by atoms with Crippen LogP contribution in [0.3, 0.4) is 0 Å². The molecule has 0 radical (unpaired) electrons. The zero-order valence-electron chi connectivity index (χ0n) is 15.0. The third-order valence-corrected chi connectivity index (χ3v) is 4.85. The molecule has 2 aromatic rings. The molecule has 1 aliphatic carbocycles. The van der Waals surface area contributed by atoms with E-state index in [-0.39, 0.29) is 23.9 Å². The predicted molar refractivity (Wildman–Crippen MR) is 102 cm³/mol. The number of allylic oxidation sites excluding steroid dienone is 1. The van der Waals surface area contributed by atoms with Gasteiger partial charge in [0.05, 0.1) is 5.70 Å². The minimum atomic E-state index is -0.262. The zero-order chi connectivity index (χ0) is 18.4. The number of nitrogens with one attached hydrogen (secondary N) is 1. The number of aliphatic hydroxyl groups excluding tert-OH is 1. The van der Waals surface area contributed by atoms with Crippen molar-refractivity contribution in [2.45, 2.75) is 44.6 Å². The van der Waals surface area contributed by atoms with E-state index in [9.17, 15) is 9.90 Å². The van der Waals surface area contributed by atoms with E-state index in [0.717, 1.165) is 25.7 Å². The van der Waals surface area contributed by atoms with E-state index in [1.807, 2.05) is 24.3 Å². The summed E-state index contributed by atoms with van der Waals surface area (Å²) in [5.74, 6) is -0.214. The summed E-state index contributed by atoms with van der Waals surface area (Å²) in [6.07, 6.45) is 4.08. The highest BCUT2D eigenvalue weighted by Crippen LogP contribution is 2.35. The number of ether oxygens (including phenoxy) is 1. The number of aliphatic hydroxyl groups is 1. The Morgan fingerprint density at radius 1 is 1.00 bits per heavy atom. The van der Waals surface area contributed by atoms with Gasteiger partial charge in [-0.15, -0.1) is 0 Å². The molecular formula is C22H25NO3. The van der Waals surface area contributed by atoms with Gasteiger partial charge in [0.2, 0.25) is 0 Å². The summed E-state index contributed by atoms with van der Waals surface area (Å²) in [5, 5.41) is 13.1. The summed E-state index contributed by atoms with van der Waals surface area (Å²) in [4.78, 5) is 12.2. The van der Waals surface area contributed by atoms with E-state index >= 15 is 0 Å². The molecule has 1 aliphatic rings. The largest absolute Gasteiger partial charge is 0.480 e. The molecule has 26 heavy (non-hydrogen) atoms. The van der Waals surface area contributed by atoms with Gasteiger partial charge in [-0.1, -0.05) is 55.0 Å². The number of carbonyl (C=O) groups is 1. The van der Waals surface area contributed by atoms with Crippen molar-refractivity contribution in [2.75, 3.05) is 0 Å². The molecule has 0 saturated heterocycles. The second-order valence-electron chi connectivity index (χ2n) is 6.71. The Kier molecular flexibility index (Phi) is 5.95. The first-order valence-electron chi connectivity index (χ1n) is 9.13. The molecule has 2 aromatic carbocycles. The highest BCUT2D eigenvalue weighted by molar-refractivity contribution is 5.95. The second-order valence-corrected chi connectivity index (χ2v) is 6.71. The van der Waals surface area contributed by atoms with Gasteiger partial charge in [0.1, 0.15) is 6.10 Å². The highest BCUT2D eigenvalue weighted by Gasteiger charge is 2.29. The number of carbonyl (C=O) groups excluding carboxylic acids is 1. The molecule has 0 unspecified atom stereocenters. The Hall–Kier alpha value is -2.75. The van der Waals surface area contributed by atoms with Crippen LogP contribution < -0.4 is 5.32 Å². The average molecular weight is 351 g/mol. The first-order chi connectivity index (χ1) is 12.6. The van der Waals surface area contributed by atoms with Gasteiger partial charge >= 0.3 is 0 Å². The smallest absolute Gasteiger partial charge is 0.297 e. The van der Waals surface area contributed by atoms with Gasteiger partial charge in [0, 0.05) is 11.5 Å². The van der Waals surface area contributed by atoms with Crippen LogP contribution in [0, 0.1) is 0 Å². The third-order valence-electron chi connectivity index (χ3n) is 4.85. The van der Waals surface area contributed by atoms with Crippen LogP contribution in [0.25, 0.3) is 0 Å². The van der Waals surface area contributed by atoms with Gasteiger partial charge in [0.15, 0.2) is 0 Å². The quantitative estimate of drug-likeness (QED) is 0.753. The molecule has 1 fully saturated rings. The summed E-state index contributed by atoms with van der Waals surface area (Å²) in [6.45, 7) is 1.65. The van der Waals surface area contributed by atoms with Gasteiger partial charge in [-0.3, -0.25) is 4.79 Å². The summed E-state index contributed by atoms with van der Waals surface area (Å²) in [5.41, 5.74) is 2.10. The summed E-state index contributed by atoms with van der Waals surface area (Å²) >= 11 is 0. The van der Waals surface area contributed by atoms with Crippen LogP contribution in [-0.4, -0.2) is 17.1 Å². The molecule has 1 saturated carbocycles. The molecule has 2 N–H and O–H groups in total. The Bertz CT molecular complexity index is 755. The van der Waals surface area contributed by atoms with Crippen LogP contribution in [-0.2, 0) is 4.74 Å². The second kappa shape index (κ2) is 8.56. The van der Waals surface area contributed by atoms with E-state index < -0.39 is 0 Å². The molecule has 136 valence electrons. The Morgan fingerprint density at radius 3 is 2.31 bits per heavy atom. The van der Waals surface area contributed by atoms with Crippen molar-refractivity contribution >= 4 is 5.91 Å². The van der Waals surface area contributed by atoms with Crippen LogP contribution in [0.4, 0.5) is 0 Å². The van der Waals surface area contributed by atoms with Crippen molar-refractivity contribution in [3.8, 4) is 0 Å². The van der Waals surface area contributed by atoms with Crippen molar-refractivity contribution in [3.05, 3.63) is 83.4 Å². The van der Waals surface area contributed by atoms with E-state index in [2.05, 4.69) is 17.4 Å². The Labute approximate surface area is 154 Å². The minimum Gasteiger partial charge on any atom is -0.480 e. The van der Waals surface area contributed by atoms with Crippen molar-refractivity contribution in [3.63, 3.8) is 0 Å². The number of benzene rings is 2. The van der Waals surface area contributed by atoms with Gasteiger partial charge in [-0.2, -0.15) is 0 Å². The monoisotopic (exact) mass is 351 g/mol. The number of hydrogen-bond acceptors (Lipinski definition) is 3. The Morgan fingerprint density at radius 2 is 1.62 bits per heavy atom. The lowest BCUT2D eigenvalue weighted by atomic mass is 9.81. The van der Waals surface area contributed by atoms with Crippen molar-refractivity contribution in [2.24, 2.45) is 0 Å². The molecule has 0 heterocycles. The molecule has 0 spiro atoms. The topological polar surface area (TPSA) is 58.6 Å². The molecular weight excluding hydrogens is 326 g/mol. The van der Waals surface area contributed by atoms with E-state index in [4.69, 9.17) is 4.74 Å². The van der Waals surface area contributed by atoms with Gasteiger partial charge in [-0.05, 0) is 43.9 Å². The number of amides is 1. The van der Waals surface area contributed by atoms with Crippen molar-refractivity contribution in [1.29, 1.82) is 0 Å². The van der Waals surface area contributed by atoms with Crippen LogP contribution in [0.5, 0.6) is 0 Å². The summed E-state index contributed by atoms with van der Waals surface area (Å²) in [7, 11) is 0. The molecule has 2 atom stereocenters. The normalized spacial score (nSPS) is 20.8. The fourth-order valence-electron chi connectivity index (χ4n) is 3.44. The highest BCUT2D eigenvalue weighted by atomic mass is 16.6. The summed E-state index contributed by atoms with van der Waals surface area (Å²) in [6, 6.07) is 19.2. The van der Waals surface area contributed by atoms with Gasteiger partial charge in [-0.25, -0.2) is 0 Å². The fourth-order valence-corrected chi connectivity index (χ4v) is 3.44. The van der Waals surface area contributed by atoms with Crippen LogP contribution >= 0.6 is 0 Å². The standard InChI is InChI=1S/C22H25NO3/c1-16(23-21(24)18-12-6-3-7-13-18)22(25)26-20-15-9-8-14-19(20)17-10-4-2-5-11-17/h2-7,10-13,19-20,25H,8-9,14-15H2,1H3,(H,23,24)/b22-16+/t19-,20+/m0/s1. The van der Waals surface area contributed by atoms with Gasteiger partial charge in [0.25, 0.3) is 11.9 Å². The summed E-state index contributed by atoms with van der Waals surface area (Å²) < 4.78 is 5.88. The lowest BCUT2D eigenvalue weighted by Crippen LogP contribution is -2.28. The zero-order valence-corrected chi connectivity index (χ0v) is 15.0. The number of hydrogen-bond donors (Lipinski definition) is 2. The molecule has 1 amide bonds. The maximum absolute atomic E-state index is 12.2. The van der Waals surface area contributed by atoms with E-state index in [0.29, 0.717) is 11.3 Å². The van der Waals surface area contributed by atoms with Crippen molar-refractivity contribution < 1.29 is 14.6 Å².